The van der Waals surface area contributed by atoms with Crippen molar-refractivity contribution in [1.29, 1.82) is 0 Å². The number of rotatable bonds is 2. The minimum absolute atomic E-state index is 0.482. The summed E-state index contributed by atoms with van der Waals surface area (Å²) in [7, 11) is 0. The lowest BCUT2D eigenvalue weighted by Gasteiger charge is -2.31. The molecule has 4 atom stereocenters. The van der Waals surface area contributed by atoms with Gasteiger partial charge in [0.25, 0.3) is 0 Å². The topological polar surface area (TPSA) is 0 Å². The Kier molecular flexibility index (Phi) is 5.50. The molecule has 0 bridgehead atoms. The minimum atomic E-state index is 0.482. The van der Waals surface area contributed by atoms with Crippen molar-refractivity contribution >= 4 is 60.5 Å². The van der Waals surface area contributed by atoms with Gasteiger partial charge in [0.1, 0.15) is 0 Å². The molecule has 5 heteroatoms. The van der Waals surface area contributed by atoms with Gasteiger partial charge in [0.15, 0.2) is 0 Å². The van der Waals surface area contributed by atoms with E-state index in [9.17, 15) is 0 Å². The predicted octanol–water partition coefficient (Wildman–Crippen LogP) is 3.45. The SMILES string of the molecule is CC(S)C1SCSC(C(C)S)S1. The Morgan fingerprint density at radius 2 is 1.50 bits per heavy atom. The second-order valence-corrected chi connectivity index (χ2v) is 8.94. The summed E-state index contributed by atoms with van der Waals surface area (Å²) in [5.41, 5.74) is 0. The Bertz CT molecular complexity index is 122. The van der Waals surface area contributed by atoms with Crippen LogP contribution >= 0.6 is 60.5 Å². The van der Waals surface area contributed by atoms with Crippen LogP contribution in [0.15, 0.2) is 0 Å². The molecule has 0 amide bonds. The highest BCUT2D eigenvalue weighted by atomic mass is 32.3. The van der Waals surface area contributed by atoms with Crippen molar-refractivity contribution in [3.05, 3.63) is 0 Å². The number of hydrogen-bond donors (Lipinski definition) is 2. The van der Waals surface area contributed by atoms with Gasteiger partial charge in [-0.05, 0) is 0 Å². The highest BCUT2D eigenvalue weighted by molar-refractivity contribution is 8.33. The van der Waals surface area contributed by atoms with Crippen molar-refractivity contribution in [3.8, 4) is 0 Å². The van der Waals surface area contributed by atoms with Gasteiger partial charge in [-0.25, -0.2) is 0 Å². The van der Waals surface area contributed by atoms with Crippen molar-refractivity contribution in [2.45, 2.75) is 33.5 Å². The maximum Gasteiger partial charge on any atom is 0.0635 e. The first kappa shape index (κ1) is 11.8. The second kappa shape index (κ2) is 5.59. The van der Waals surface area contributed by atoms with Crippen molar-refractivity contribution in [3.63, 3.8) is 0 Å². The zero-order valence-electron chi connectivity index (χ0n) is 7.14. The van der Waals surface area contributed by atoms with Crippen LogP contribution < -0.4 is 0 Å². The molecule has 12 heavy (non-hydrogen) atoms. The van der Waals surface area contributed by atoms with E-state index in [0.717, 1.165) is 0 Å². The number of thioether (sulfide) groups is 3. The van der Waals surface area contributed by atoms with Crippen molar-refractivity contribution in [1.82, 2.24) is 0 Å². The summed E-state index contributed by atoms with van der Waals surface area (Å²) < 4.78 is 1.29. The van der Waals surface area contributed by atoms with Crippen LogP contribution in [-0.4, -0.2) is 24.7 Å². The second-order valence-electron chi connectivity index (χ2n) is 2.81. The fourth-order valence-electron chi connectivity index (χ4n) is 0.890. The molecule has 0 radical (unpaired) electrons. The molecule has 1 saturated heterocycles. The minimum Gasteiger partial charge on any atom is -0.174 e. The highest BCUT2D eigenvalue weighted by Gasteiger charge is 2.28. The van der Waals surface area contributed by atoms with Crippen LogP contribution in [0.4, 0.5) is 0 Å². The van der Waals surface area contributed by atoms with E-state index in [1.54, 1.807) is 0 Å². The molecule has 1 fully saturated rings. The van der Waals surface area contributed by atoms with Gasteiger partial charge in [-0.3, -0.25) is 0 Å². The van der Waals surface area contributed by atoms with Crippen LogP contribution in [0.25, 0.3) is 0 Å². The molecular formula is C7H14S5. The predicted molar refractivity (Wildman–Crippen MR) is 72.1 cm³/mol. The van der Waals surface area contributed by atoms with E-state index in [2.05, 4.69) is 39.1 Å². The standard InChI is InChI=1S/C7H14S5/c1-4(8)6-10-3-11-7(12-6)5(2)9/h4-9H,3H2,1-2H3. The van der Waals surface area contributed by atoms with Crippen LogP contribution in [-0.2, 0) is 0 Å². The van der Waals surface area contributed by atoms with Crippen LogP contribution in [0.1, 0.15) is 13.8 Å². The molecular weight excluding hydrogens is 244 g/mol. The molecule has 0 aliphatic carbocycles. The van der Waals surface area contributed by atoms with Gasteiger partial charge in [-0.2, -0.15) is 25.3 Å². The van der Waals surface area contributed by atoms with E-state index in [0.29, 0.717) is 19.7 Å². The largest absolute Gasteiger partial charge is 0.174 e. The van der Waals surface area contributed by atoms with Crippen LogP contribution in [0, 0.1) is 0 Å². The van der Waals surface area contributed by atoms with Gasteiger partial charge in [-0.1, -0.05) is 13.8 Å². The maximum absolute atomic E-state index is 4.47. The Labute approximate surface area is 98.6 Å². The first-order chi connectivity index (χ1) is 5.61. The monoisotopic (exact) mass is 258 g/mol. The molecule has 0 aromatic rings. The average Bonchev–Trinajstić information content (AvgIpc) is 2.04. The molecule has 0 aromatic carbocycles. The summed E-state index contributed by atoms with van der Waals surface area (Å²) in [5, 5.41) is 2.16. The number of hydrogen-bond acceptors (Lipinski definition) is 5. The van der Waals surface area contributed by atoms with Gasteiger partial charge in [0, 0.05) is 15.6 Å². The molecule has 0 spiro atoms. The summed E-state index contributed by atoms with van der Waals surface area (Å²) in [6.45, 7) is 4.34. The summed E-state index contributed by atoms with van der Waals surface area (Å²) in [6, 6.07) is 0. The highest BCUT2D eigenvalue weighted by Crippen LogP contribution is 2.46. The summed E-state index contributed by atoms with van der Waals surface area (Å²) >= 11 is 15.0. The average molecular weight is 259 g/mol. The fraction of sp³-hybridized carbons (Fsp3) is 1.00. The van der Waals surface area contributed by atoms with Crippen molar-refractivity contribution < 1.29 is 0 Å². The summed E-state index contributed by atoms with van der Waals surface area (Å²) in [5.74, 6) is 0. The smallest absolute Gasteiger partial charge is 0.0635 e. The first-order valence-corrected chi connectivity index (χ1v) is 7.93. The molecule has 1 rings (SSSR count). The van der Waals surface area contributed by atoms with Gasteiger partial charge >= 0.3 is 0 Å². The van der Waals surface area contributed by atoms with Gasteiger partial charge < -0.3 is 0 Å². The third-order valence-corrected chi connectivity index (χ3v) is 8.32. The van der Waals surface area contributed by atoms with Crippen LogP contribution in [0.5, 0.6) is 0 Å². The van der Waals surface area contributed by atoms with E-state index in [4.69, 9.17) is 0 Å². The third kappa shape index (κ3) is 3.48. The molecule has 1 aliphatic heterocycles. The molecule has 0 nitrogen and oxygen atoms in total. The summed E-state index contributed by atoms with van der Waals surface area (Å²) in [6.07, 6.45) is 0. The third-order valence-electron chi connectivity index (χ3n) is 1.52. The lowest BCUT2D eigenvalue weighted by molar-refractivity contribution is 1.05. The molecule has 72 valence electrons. The van der Waals surface area contributed by atoms with E-state index in [1.165, 1.54) is 5.08 Å². The lowest BCUT2D eigenvalue weighted by atomic mass is 10.5. The van der Waals surface area contributed by atoms with E-state index >= 15 is 0 Å². The number of thiol groups is 2. The Morgan fingerprint density at radius 3 is 1.83 bits per heavy atom. The Morgan fingerprint density at radius 1 is 1.08 bits per heavy atom. The normalized spacial score (nSPS) is 36.0. The lowest BCUT2D eigenvalue weighted by Crippen LogP contribution is -2.23. The van der Waals surface area contributed by atoms with E-state index in [1.807, 2.05) is 35.3 Å². The van der Waals surface area contributed by atoms with E-state index in [-0.39, 0.29) is 0 Å². The fourth-order valence-corrected chi connectivity index (χ4v) is 7.05. The zero-order chi connectivity index (χ0) is 9.14. The van der Waals surface area contributed by atoms with E-state index < -0.39 is 0 Å². The summed E-state index contributed by atoms with van der Waals surface area (Å²) in [4.78, 5) is 0. The van der Waals surface area contributed by atoms with Gasteiger partial charge in [-0.15, -0.1) is 35.3 Å². The molecule has 0 aromatic heterocycles. The Hall–Kier alpha value is 1.75. The van der Waals surface area contributed by atoms with Gasteiger partial charge in [0.05, 0.1) is 9.16 Å². The zero-order valence-corrected chi connectivity index (χ0v) is 11.4. The van der Waals surface area contributed by atoms with Crippen molar-refractivity contribution in [2.75, 3.05) is 5.08 Å². The molecule has 1 heterocycles. The van der Waals surface area contributed by atoms with Crippen LogP contribution in [0.3, 0.4) is 0 Å². The van der Waals surface area contributed by atoms with Gasteiger partial charge in [0.2, 0.25) is 0 Å². The first-order valence-electron chi connectivity index (χ1n) is 3.86. The van der Waals surface area contributed by atoms with Crippen molar-refractivity contribution in [2.24, 2.45) is 0 Å². The van der Waals surface area contributed by atoms with Crippen LogP contribution in [0.2, 0.25) is 0 Å². The molecule has 1 aliphatic rings. The molecule has 0 N–H and O–H groups in total. The quantitative estimate of drug-likeness (QED) is 0.729. The molecule has 4 unspecified atom stereocenters. The Balaban J connectivity index is 2.40. The maximum atomic E-state index is 4.47. The molecule has 0 saturated carbocycles.